The number of aromatic amines is 1. The zero-order chi connectivity index (χ0) is 50.4. The van der Waals surface area contributed by atoms with E-state index in [4.69, 9.17) is 9.47 Å². The highest BCUT2D eigenvalue weighted by Crippen LogP contribution is 2.67. The molecule has 12 N–H and O–H groups in total. The Morgan fingerprint density at radius 2 is 1.65 bits per heavy atom. The number of carbonyl (C=O) groups excluding carboxylic acids is 1. The van der Waals surface area contributed by atoms with Crippen molar-refractivity contribution in [3.8, 4) is 23.0 Å². The van der Waals surface area contributed by atoms with E-state index in [-0.39, 0.29) is 48.6 Å². The normalized spacial score (nSPS) is 27.3. The summed E-state index contributed by atoms with van der Waals surface area (Å²) in [6.07, 6.45) is 1.97. The summed E-state index contributed by atoms with van der Waals surface area (Å²) in [6, 6.07) is 20.7. The molecule has 9 unspecified atom stereocenters. The topological polar surface area (TPSA) is 307 Å². The van der Waals surface area contributed by atoms with E-state index < -0.39 is 89.3 Å². The van der Waals surface area contributed by atoms with E-state index in [1.807, 2.05) is 6.07 Å². The molecule has 2 aliphatic carbocycles. The number of fused-ring (bicyclic) bond motifs is 3. The number of carboxylic acid groups (broad SMARTS) is 1. The molecule has 2 aliphatic heterocycles. The number of carboxylic acids is 1. The number of hydrogen-bond acceptors (Lipinski definition) is 15. The highest BCUT2D eigenvalue weighted by atomic mass is 16.8. The number of aliphatic hydroxyl groups is 7. The quantitative estimate of drug-likeness (QED) is 0.0400. The van der Waals surface area contributed by atoms with E-state index in [0.717, 1.165) is 17.4 Å². The Kier molecular flexibility index (Phi) is 13.6. The molecule has 1 aromatic heterocycles. The summed E-state index contributed by atoms with van der Waals surface area (Å²) in [7, 11) is 0. The van der Waals surface area contributed by atoms with Crippen molar-refractivity contribution >= 4 is 23.6 Å². The highest BCUT2D eigenvalue weighted by Gasteiger charge is 2.68. The van der Waals surface area contributed by atoms with E-state index in [2.05, 4.69) is 9.97 Å². The summed E-state index contributed by atoms with van der Waals surface area (Å²) in [6.45, 7) is -1.12. The Morgan fingerprint density at radius 1 is 0.901 bits per heavy atom. The van der Waals surface area contributed by atoms with Crippen LogP contribution in [0.4, 0.5) is 5.69 Å². The zero-order valence-electron chi connectivity index (χ0n) is 38.5. The standard InChI is InChI=1S/C53H57N3O15/c57-26-30-8-12-31(13-9-30)38(59)16-14-32-24-52(50(67)68)46(45(32)51(18-4-1-5-19-51)36-6-2-3-7-40(36)61)35-22-41(62)42(70-53(69)49(66)48(65)47(64)43(27-58)71-53)23-37(35)56(52)44(63)17-11-29-10-15-39(60)33(20-29)21-34-25-54-28-55-34/h2-3,6-13,15,17,20,22-25,28,38,43,45-49,57-62,64-66,69H,1,4-5,14,16,18-19,21,26-27H2,(H,54,55)(H,67,68). The molecule has 1 saturated heterocycles. The monoisotopic (exact) mass is 975 g/mol. The minimum absolute atomic E-state index is 0.0133. The molecule has 0 radical (unpaired) electrons. The minimum atomic E-state index is -3.20. The number of benzene rings is 4. The molecule has 18 nitrogen and oxygen atoms in total. The van der Waals surface area contributed by atoms with Gasteiger partial charge in [-0.25, -0.2) is 9.78 Å². The maximum Gasteiger partial charge on any atom is 0.355 e. The summed E-state index contributed by atoms with van der Waals surface area (Å²) in [5.41, 5.74) is 0.875. The van der Waals surface area contributed by atoms with Gasteiger partial charge >= 0.3 is 11.9 Å². The van der Waals surface area contributed by atoms with Crippen LogP contribution in [0.5, 0.6) is 23.0 Å². The van der Waals surface area contributed by atoms with Crippen LogP contribution in [0.25, 0.3) is 6.08 Å². The summed E-state index contributed by atoms with van der Waals surface area (Å²) in [4.78, 5) is 38.0. The smallest absolute Gasteiger partial charge is 0.355 e. The van der Waals surface area contributed by atoms with Crippen LogP contribution < -0.4 is 9.64 Å². The lowest BCUT2D eigenvalue weighted by molar-refractivity contribution is -0.422. The lowest BCUT2D eigenvalue weighted by Crippen LogP contribution is -2.67. The number of aromatic hydroxyl groups is 3. The average Bonchev–Trinajstić information content (AvgIpc) is 4.08. The Morgan fingerprint density at radius 3 is 2.32 bits per heavy atom. The maximum absolute atomic E-state index is 15.3. The maximum atomic E-state index is 15.3. The van der Waals surface area contributed by atoms with Crippen molar-refractivity contribution in [1.82, 2.24) is 9.97 Å². The summed E-state index contributed by atoms with van der Waals surface area (Å²) in [5.74, 6) is -8.89. The second-order valence-electron chi connectivity index (χ2n) is 19.0. The molecule has 374 valence electrons. The molecule has 1 amide bonds. The molecule has 18 heteroatoms. The van der Waals surface area contributed by atoms with Crippen LogP contribution in [0.15, 0.2) is 109 Å². The first-order valence-electron chi connectivity index (χ1n) is 23.6. The van der Waals surface area contributed by atoms with Crippen molar-refractivity contribution in [2.45, 2.75) is 111 Å². The number of H-pyrrole nitrogens is 1. The number of para-hydroxylation sites is 1. The Bertz CT molecular complexity index is 2830. The number of nitrogens with zero attached hydrogens (tertiary/aromatic N) is 2. The van der Waals surface area contributed by atoms with Crippen LogP contribution >= 0.6 is 0 Å². The van der Waals surface area contributed by atoms with Crippen molar-refractivity contribution in [1.29, 1.82) is 0 Å². The van der Waals surface area contributed by atoms with Crippen LogP contribution in [0.3, 0.4) is 0 Å². The van der Waals surface area contributed by atoms with Gasteiger partial charge in [0.1, 0.15) is 29.8 Å². The van der Waals surface area contributed by atoms with Crippen LogP contribution in [-0.4, -0.2) is 121 Å². The lowest BCUT2D eigenvalue weighted by atomic mass is 9.55. The number of ether oxygens (including phenoxy) is 2. The van der Waals surface area contributed by atoms with E-state index in [1.165, 1.54) is 30.6 Å². The summed E-state index contributed by atoms with van der Waals surface area (Å²) >= 11 is 0. The fourth-order valence-corrected chi connectivity index (χ4v) is 11.5. The number of rotatable bonds is 15. The molecular formula is C53H57N3O15. The molecule has 9 atom stereocenters. The Labute approximate surface area is 407 Å². The Balaban J connectivity index is 1.22. The highest BCUT2D eigenvalue weighted by molar-refractivity contribution is 6.13. The van der Waals surface area contributed by atoms with Crippen molar-refractivity contribution < 1.29 is 75.2 Å². The fourth-order valence-electron chi connectivity index (χ4n) is 11.5. The zero-order valence-corrected chi connectivity index (χ0v) is 38.5. The van der Waals surface area contributed by atoms with Gasteiger partial charge in [-0.1, -0.05) is 73.4 Å². The van der Waals surface area contributed by atoms with Crippen LogP contribution in [0.2, 0.25) is 0 Å². The molecule has 9 rings (SSSR count). The first kappa shape index (κ1) is 49.4. The van der Waals surface area contributed by atoms with Gasteiger partial charge in [0.05, 0.1) is 31.3 Å². The van der Waals surface area contributed by atoms with Crippen LogP contribution in [0.1, 0.15) is 96.0 Å². The van der Waals surface area contributed by atoms with Crippen molar-refractivity contribution in [2.75, 3.05) is 11.5 Å². The van der Waals surface area contributed by atoms with E-state index in [0.29, 0.717) is 64.8 Å². The van der Waals surface area contributed by atoms with Crippen molar-refractivity contribution in [3.63, 3.8) is 0 Å². The van der Waals surface area contributed by atoms with Crippen molar-refractivity contribution in [2.24, 2.45) is 5.92 Å². The number of phenols is 3. The first-order valence-corrected chi connectivity index (χ1v) is 23.6. The van der Waals surface area contributed by atoms with E-state index in [9.17, 15) is 61.0 Å². The number of aliphatic carboxylic acids is 1. The largest absolute Gasteiger partial charge is 0.508 e. The molecule has 0 bridgehead atoms. The third-order valence-electron chi connectivity index (χ3n) is 14.9. The molecule has 1 saturated carbocycles. The predicted octanol–water partition coefficient (Wildman–Crippen LogP) is 4.05. The molecule has 5 aromatic rings. The summed E-state index contributed by atoms with van der Waals surface area (Å²) in [5, 5.41) is 121. The molecule has 4 aromatic carbocycles. The molecule has 0 spiro atoms. The van der Waals surface area contributed by atoms with Gasteiger partial charge in [-0.15, -0.1) is 0 Å². The molecule has 3 heterocycles. The molecule has 2 fully saturated rings. The third kappa shape index (κ3) is 8.73. The number of aromatic nitrogens is 2. The minimum Gasteiger partial charge on any atom is -0.508 e. The number of anilines is 1. The van der Waals surface area contributed by atoms with Gasteiger partial charge in [0.15, 0.2) is 23.1 Å². The van der Waals surface area contributed by atoms with E-state index >= 15 is 4.79 Å². The number of carbonyl (C=O) groups is 2. The lowest BCUT2D eigenvalue weighted by Gasteiger charge is -2.48. The van der Waals surface area contributed by atoms with Gasteiger partial charge in [-0.2, -0.15) is 0 Å². The molecule has 71 heavy (non-hydrogen) atoms. The number of nitrogens with one attached hydrogen (secondary N) is 1. The first-order chi connectivity index (χ1) is 34.0. The molecule has 4 aliphatic rings. The number of allylic oxidation sites excluding steroid dienone is 1. The number of amides is 1. The van der Waals surface area contributed by atoms with E-state index in [1.54, 1.807) is 66.9 Å². The van der Waals surface area contributed by atoms with Crippen LogP contribution in [-0.2, 0) is 32.8 Å². The third-order valence-corrected chi connectivity index (χ3v) is 14.9. The average molecular weight is 976 g/mol. The SMILES string of the molecule is O=C(C=Cc1ccc(O)c(Cc2cnc[nH]2)c1)N1c2cc(OC3(O)OC(CO)C(O)C(O)C3O)c(O)cc2C2C(C3(c4ccccc4O)CCCCC3)C(CCC(O)c3ccc(CO)cc3)=CC21C(=O)O. The van der Waals surface area contributed by atoms with Gasteiger partial charge in [-0.3, -0.25) is 9.69 Å². The fraction of sp³-hybridized carbons (Fsp3) is 0.377. The van der Waals surface area contributed by atoms with Crippen molar-refractivity contribution in [3.05, 3.63) is 148 Å². The predicted molar refractivity (Wildman–Crippen MR) is 254 cm³/mol. The molecular weight excluding hydrogens is 919 g/mol. The summed E-state index contributed by atoms with van der Waals surface area (Å²) < 4.78 is 11.1. The van der Waals surface area contributed by atoms with Gasteiger partial charge in [0.25, 0.3) is 5.91 Å². The Hall–Kier alpha value is -6.61. The second kappa shape index (κ2) is 19.5. The number of aliphatic hydroxyl groups excluding tert-OH is 6. The number of phenolic OH excluding ortho intramolecular Hbond substituents is 3. The number of hydrogen-bond donors (Lipinski definition) is 12. The van der Waals surface area contributed by atoms with Gasteiger partial charge in [0, 0.05) is 52.9 Å². The van der Waals surface area contributed by atoms with Gasteiger partial charge < -0.3 is 70.6 Å². The number of imidazole rings is 1. The van der Waals surface area contributed by atoms with Gasteiger partial charge in [0.2, 0.25) is 0 Å². The van der Waals surface area contributed by atoms with Gasteiger partial charge in [-0.05, 0) is 90.3 Å². The second-order valence-corrected chi connectivity index (χ2v) is 19.0. The van der Waals surface area contributed by atoms with Crippen LogP contribution in [0, 0.1) is 5.92 Å².